The first-order valence-electron chi connectivity index (χ1n) is 8.05. The average molecular weight is 281 g/mol. The predicted octanol–water partition coefficient (Wildman–Crippen LogP) is 2.59. The van der Waals surface area contributed by atoms with E-state index in [-0.39, 0.29) is 5.60 Å². The van der Waals surface area contributed by atoms with Crippen molar-refractivity contribution >= 4 is 5.84 Å². The van der Waals surface area contributed by atoms with Gasteiger partial charge in [0.2, 0.25) is 0 Å². The molecule has 1 aliphatic carbocycles. The topological polar surface area (TPSA) is 39.6 Å². The van der Waals surface area contributed by atoms with Crippen LogP contribution in [0.2, 0.25) is 0 Å². The van der Waals surface area contributed by atoms with Crippen LogP contribution in [0.15, 0.2) is 0 Å². The first-order chi connectivity index (χ1) is 9.38. The van der Waals surface area contributed by atoms with Crippen LogP contribution in [0, 0.1) is 10.8 Å². The Bertz CT molecular complexity index is 336. The van der Waals surface area contributed by atoms with E-state index in [2.05, 4.69) is 37.6 Å². The van der Waals surface area contributed by atoms with Gasteiger partial charge in [0.15, 0.2) is 0 Å². The van der Waals surface area contributed by atoms with Gasteiger partial charge in [0.25, 0.3) is 0 Å². The molecule has 2 aliphatic rings. The van der Waals surface area contributed by atoms with Crippen LogP contribution in [-0.4, -0.2) is 61.1 Å². The molecule has 116 valence electrons. The third kappa shape index (κ3) is 3.34. The van der Waals surface area contributed by atoms with Gasteiger partial charge >= 0.3 is 0 Å². The summed E-state index contributed by atoms with van der Waals surface area (Å²) in [6.07, 6.45) is 4.31. The summed E-state index contributed by atoms with van der Waals surface area (Å²) in [7, 11) is 2.16. The summed E-state index contributed by atoms with van der Waals surface area (Å²) >= 11 is 0. The van der Waals surface area contributed by atoms with E-state index >= 15 is 0 Å². The van der Waals surface area contributed by atoms with Crippen LogP contribution in [0.4, 0.5) is 0 Å². The summed E-state index contributed by atoms with van der Waals surface area (Å²) in [5.74, 6) is 0.739. The van der Waals surface area contributed by atoms with Gasteiger partial charge in [-0.2, -0.15) is 0 Å². The Kier molecular flexibility index (Phi) is 4.75. The molecule has 1 N–H and O–H groups in total. The van der Waals surface area contributed by atoms with Crippen LogP contribution in [0.1, 0.15) is 46.5 Å². The Morgan fingerprint density at radius 1 is 1.05 bits per heavy atom. The molecule has 0 spiro atoms. The van der Waals surface area contributed by atoms with E-state index in [0.717, 1.165) is 57.7 Å². The van der Waals surface area contributed by atoms with Crippen LogP contribution in [0.25, 0.3) is 0 Å². The zero-order chi connectivity index (χ0) is 14.8. The highest BCUT2D eigenvalue weighted by Crippen LogP contribution is 2.43. The number of amidine groups is 1. The second-order valence-corrected chi connectivity index (χ2v) is 7.23. The number of piperazine rings is 1. The highest BCUT2D eigenvalue weighted by atomic mass is 16.5. The molecule has 0 amide bonds. The molecule has 4 nitrogen and oxygen atoms in total. The zero-order valence-corrected chi connectivity index (χ0v) is 13.7. The van der Waals surface area contributed by atoms with Crippen molar-refractivity contribution in [1.29, 1.82) is 5.41 Å². The Hall–Kier alpha value is -0.610. The number of likely N-dealkylation sites (N-methyl/N-ethyl adjacent to an activating group) is 1. The van der Waals surface area contributed by atoms with Crippen LogP contribution in [0.3, 0.4) is 0 Å². The van der Waals surface area contributed by atoms with Gasteiger partial charge in [-0.3, -0.25) is 5.41 Å². The van der Waals surface area contributed by atoms with Crippen molar-refractivity contribution in [2.24, 2.45) is 5.41 Å². The lowest BCUT2D eigenvalue weighted by Gasteiger charge is -2.47. The summed E-state index contributed by atoms with van der Waals surface area (Å²) in [4.78, 5) is 4.58. The van der Waals surface area contributed by atoms with Crippen molar-refractivity contribution in [3.63, 3.8) is 0 Å². The number of rotatable bonds is 3. The fourth-order valence-corrected chi connectivity index (χ4v) is 3.37. The molecule has 0 bridgehead atoms. The number of nitrogens with zero attached hydrogens (tertiary/aromatic N) is 2. The first kappa shape index (κ1) is 15.8. The van der Waals surface area contributed by atoms with E-state index < -0.39 is 0 Å². The second kappa shape index (κ2) is 6.02. The Morgan fingerprint density at radius 3 is 2.10 bits per heavy atom. The van der Waals surface area contributed by atoms with Gasteiger partial charge in [-0.15, -0.1) is 0 Å². The molecular formula is C16H31N3O. The SMILES string of the molecule is CCOC1(C(=N)N2CCN(C)CC2)CCC(C)(C)CC1. The molecule has 1 saturated carbocycles. The van der Waals surface area contributed by atoms with E-state index in [9.17, 15) is 0 Å². The Balaban J connectivity index is 2.06. The molecule has 0 unspecified atom stereocenters. The lowest BCUT2D eigenvalue weighted by Crippen LogP contribution is -2.57. The molecule has 0 aromatic heterocycles. The Morgan fingerprint density at radius 2 is 1.60 bits per heavy atom. The zero-order valence-electron chi connectivity index (χ0n) is 13.7. The van der Waals surface area contributed by atoms with E-state index in [0.29, 0.717) is 12.0 Å². The molecule has 2 rings (SSSR count). The fraction of sp³-hybridized carbons (Fsp3) is 0.938. The number of hydrogen-bond donors (Lipinski definition) is 1. The van der Waals surface area contributed by atoms with Crippen LogP contribution < -0.4 is 0 Å². The van der Waals surface area contributed by atoms with Crippen LogP contribution in [-0.2, 0) is 4.74 Å². The van der Waals surface area contributed by atoms with Gasteiger partial charge in [0.1, 0.15) is 11.4 Å². The monoisotopic (exact) mass is 281 g/mol. The van der Waals surface area contributed by atoms with Gasteiger partial charge in [0, 0.05) is 32.8 Å². The highest BCUT2D eigenvalue weighted by molar-refractivity contribution is 5.88. The molecule has 0 aromatic carbocycles. The number of hydrogen-bond acceptors (Lipinski definition) is 3. The second-order valence-electron chi connectivity index (χ2n) is 7.23. The molecule has 0 atom stereocenters. The first-order valence-corrected chi connectivity index (χ1v) is 8.05. The van der Waals surface area contributed by atoms with Gasteiger partial charge in [-0.05, 0) is 45.1 Å². The predicted molar refractivity (Wildman–Crippen MR) is 83.4 cm³/mol. The quantitative estimate of drug-likeness (QED) is 0.638. The maximum absolute atomic E-state index is 8.71. The van der Waals surface area contributed by atoms with Crippen molar-refractivity contribution in [1.82, 2.24) is 9.80 Å². The summed E-state index contributed by atoms with van der Waals surface area (Å²) < 4.78 is 6.13. The Labute approximate surface area is 124 Å². The largest absolute Gasteiger partial charge is 0.367 e. The lowest BCUT2D eigenvalue weighted by molar-refractivity contribution is -0.0427. The van der Waals surface area contributed by atoms with E-state index in [1.54, 1.807) is 0 Å². The van der Waals surface area contributed by atoms with E-state index in [4.69, 9.17) is 10.1 Å². The smallest absolute Gasteiger partial charge is 0.129 e. The minimum Gasteiger partial charge on any atom is -0.367 e. The molecule has 0 aromatic rings. The summed E-state index contributed by atoms with van der Waals surface area (Å²) in [5.41, 5.74) is 0.0865. The molecule has 1 saturated heterocycles. The number of ether oxygens (including phenoxy) is 1. The van der Waals surface area contributed by atoms with Gasteiger partial charge in [-0.25, -0.2) is 0 Å². The molecule has 0 radical (unpaired) electrons. The normalized spacial score (nSPS) is 26.5. The average Bonchev–Trinajstić information content (AvgIpc) is 2.42. The van der Waals surface area contributed by atoms with Gasteiger partial charge in [0.05, 0.1) is 0 Å². The highest BCUT2D eigenvalue weighted by Gasteiger charge is 2.44. The minimum atomic E-state index is -0.319. The fourth-order valence-electron chi connectivity index (χ4n) is 3.37. The molecule has 4 heteroatoms. The van der Waals surface area contributed by atoms with E-state index in [1.807, 2.05) is 0 Å². The lowest BCUT2D eigenvalue weighted by atomic mass is 9.70. The third-order valence-electron chi connectivity index (χ3n) is 5.08. The number of nitrogens with one attached hydrogen (secondary N) is 1. The van der Waals surface area contributed by atoms with Crippen molar-refractivity contribution in [3.05, 3.63) is 0 Å². The molecular weight excluding hydrogens is 250 g/mol. The van der Waals surface area contributed by atoms with Gasteiger partial charge < -0.3 is 14.5 Å². The maximum atomic E-state index is 8.71. The standard InChI is InChI=1S/C16H31N3O/c1-5-20-16(8-6-15(2,3)7-9-16)14(17)19-12-10-18(4)11-13-19/h17H,5-13H2,1-4H3. The molecule has 20 heavy (non-hydrogen) atoms. The van der Waals surface area contributed by atoms with Crippen molar-refractivity contribution < 1.29 is 4.74 Å². The van der Waals surface area contributed by atoms with Crippen molar-refractivity contribution in [3.8, 4) is 0 Å². The van der Waals surface area contributed by atoms with Crippen LogP contribution in [0.5, 0.6) is 0 Å². The van der Waals surface area contributed by atoms with Crippen molar-refractivity contribution in [2.75, 3.05) is 39.8 Å². The summed E-state index contributed by atoms with van der Waals surface area (Å²) in [6.45, 7) is 11.5. The molecule has 1 aliphatic heterocycles. The van der Waals surface area contributed by atoms with Crippen molar-refractivity contribution in [2.45, 2.75) is 52.1 Å². The van der Waals surface area contributed by atoms with E-state index in [1.165, 1.54) is 0 Å². The van der Waals surface area contributed by atoms with Gasteiger partial charge in [-0.1, -0.05) is 13.8 Å². The third-order valence-corrected chi connectivity index (χ3v) is 5.08. The molecule has 2 fully saturated rings. The molecule has 1 heterocycles. The van der Waals surface area contributed by atoms with Crippen LogP contribution >= 0.6 is 0 Å². The maximum Gasteiger partial charge on any atom is 0.129 e. The summed E-state index contributed by atoms with van der Waals surface area (Å²) in [6, 6.07) is 0. The minimum absolute atomic E-state index is 0.319. The summed E-state index contributed by atoms with van der Waals surface area (Å²) in [5, 5.41) is 8.71.